The van der Waals surface area contributed by atoms with Crippen LogP contribution in [0.4, 0.5) is 0 Å². The van der Waals surface area contributed by atoms with Crippen LogP contribution >= 0.6 is 23.2 Å². The normalized spacial score (nSPS) is 10.3. The Bertz CT molecular complexity index is 636. The summed E-state index contributed by atoms with van der Waals surface area (Å²) in [6, 6.07) is 10.4. The minimum absolute atomic E-state index is 0.280. The van der Waals surface area contributed by atoms with Gasteiger partial charge in [0.25, 0.3) is 0 Å². The maximum atomic E-state index is 12.1. The van der Waals surface area contributed by atoms with Crippen molar-refractivity contribution in [2.45, 2.75) is 13.8 Å². The Morgan fingerprint density at radius 2 is 1.79 bits per heavy atom. The SMILES string of the molecule is Cc1ccc(C)c(OC(=O)c2ccc(Cl)cc2Cl)c1. The first-order valence-electron chi connectivity index (χ1n) is 5.72. The molecule has 4 heteroatoms. The standard InChI is InChI=1S/C15H12Cl2O2/c1-9-3-4-10(2)14(7-9)19-15(18)12-6-5-11(16)8-13(12)17/h3-8H,1-2H3. The predicted molar refractivity (Wildman–Crippen MR) is 77.3 cm³/mol. The highest BCUT2D eigenvalue weighted by atomic mass is 35.5. The average Bonchev–Trinajstić information content (AvgIpc) is 2.33. The van der Waals surface area contributed by atoms with Crippen molar-refractivity contribution in [2.24, 2.45) is 0 Å². The molecule has 0 aliphatic rings. The van der Waals surface area contributed by atoms with Crippen molar-refractivity contribution in [1.82, 2.24) is 0 Å². The Labute approximate surface area is 121 Å². The molecule has 0 spiro atoms. The van der Waals surface area contributed by atoms with Crippen LogP contribution in [-0.4, -0.2) is 5.97 Å². The van der Waals surface area contributed by atoms with Crippen LogP contribution in [0.3, 0.4) is 0 Å². The van der Waals surface area contributed by atoms with Gasteiger partial charge in [0.1, 0.15) is 5.75 Å². The van der Waals surface area contributed by atoms with Gasteiger partial charge in [0.2, 0.25) is 0 Å². The Morgan fingerprint density at radius 3 is 2.47 bits per heavy atom. The summed E-state index contributed by atoms with van der Waals surface area (Å²) in [6.07, 6.45) is 0. The molecule has 2 rings (SSSR count). The second kappa shape index (κ2) is 5.64. The first kappa shape index (κ1) is 13.9. The second-order valence-corrected chi connectivity index (χ2v) is 5.13. The Morgan fingerprint density at radius 1 is 1.05 bits per heavy atom. The molecule has 2 aromatic carbocycles. The molecular formula is C15H12Cl2O2. The van der Waals surface area contributed by atoms with E-state index in [4.69, 9.17) is 27.9 Å². The number of hydrogen-bond donors (Lipinski definition) is 0. The number of aryl methyl sites for hydroxylation is 2. The number of carbonyl (C=O) groups is 1. The molecule has 0 aliphatic heterocycles. The number of rotatable bonds is 2. The van der Waals surface area contributed by atoms with Crippen molar-refractivity contribution in [3.05, 3.63) is 63.1 Å². The van der Waals surface area contributed by atoms with Gasteiger partial charge in [-0.3, -0.25) is 0 Å². The molecule has 0 atom stereocenters. The van der Waals surface area contributed by atoms with Gasteiger partial charge >= 0.3 is 5.97 Å². The zero-order valence-electron chi connectivity index (χ0n) is 10.5. The van der Waals surface area contributed by atoms with E-state index in [-0.39, 0.29) is 5.02 Å². The van der Waals surface area contributed by atoms with Gasteiger partial charge in [-0.2, -0.15) is 0 Å². The molecule has 0 radical (unpaired) electrons. The third-order valence-electron chi connectivity index (χ3n) is 2.70. The first-order valence-corrected chi connectivity index (χ1v) is 6.47. The fraction of sp³-hybridized carbons (Fsp3) is 0.133. The number of carbonyl (C=O) groups excluding carboxylic acids is 1. The first-order chi connectivity index (χ1) is 8.97. The van der Waals surface area contributed by atoms with Gasteiger partial charge in [0, 0.05) is 5.02 Å². The van der Waals surface area contributed by atoms with Gasteiger partial charge in [0.15, 0.2) is 0 Å². The lowest BCUT2D eigenvalue weighted by molar-refractivity contribution is 0.0733. The minimum Gasteiger partial charge on any atom is -0.423 e. The van der Waals surface area contributed by atoms with Crippen LogP contribution < -0.4 is 4.74 Å². The number of hydrogen-bond acceptors (Lipinski definition) is 2. The highest BCUT2D eigenvalue weighted by molar-refractivity contribution is 6.36. The molecule has 0 heterocycles. The van der Waals surface area contributed by atoms with Gasteiger partial charge in [0.05, 0.1) is 10.6 Å². The molecule has 0 unspecified atom stereocenters. The van der Waals surface area contributed by atoms with Crippen LogP contribution in [0.5, 0.6) is 5.75 Å². The van der Waals surface area contributed by atoms with Crippen molar-refractivity contribution in [2.75, 3.05) is 0 Å². The topological polar surface area (TPSA) is 26.3 Å². The molecule has 0 saturated heterocycles. The number of ether oxygens (including phenoxy) is 1. The lowest BCUT2D eigenvalue weighted by atomic mass is 10.1. The van der Waals surface area contributed by atoms with Crippen LogP contribution in [0.2, 0.25) is 10.0 Å². The van der Waals surface area contributed by atoms with Gasteiger partial charge in [-0.15, -0.1) is 0 Å². The van der Waals surface area contributed by atoms with Crippen LogP contribution in [0, 0.1) is 13.8 Å². The van der Waals surface area contributed by atoms with Crippen molar-refractivity contribution in [3.8, 4) is 5.75 Å². The summed E-state index contributed by atoms with van der Waals surface area (Å²) in [5.41, 5.74) is 2.21. The Hall–Kier alpha value is -1.51. The average molecular weight is 295 g/mol. The van der Waals surface area contributed by atoms with E-state index in [1.54, 1.807) is 12.1 Å². The smallest absolute Gasteiger partial charge is 0.345 e. The second-order valence-electron chi connectivity index (χ2n) is 4.28. The van der Waals surface area contributed by atoms with Gasteiger partial charge in [-0.25, -0.2) is 4.79 Å². The maximum Gasteiger partial charge on any atom is 0.345 e. The summed E-state index contributed by atoms with van der Waals surface area (Å²) in [5.74, 6) is 0.0476. The fourth-order valence-corrected chi connectivity index (χ4v) is 2.11. The molecule has 2 aromatic rings. The van der Waals surface area contributed by atoms with Crippen molar-refractivity contribution in [1.29, 1.82) is 0 Å². The molecule has 0 saturated carbocycles. The Balaban J connectivity index is 2.28. The van der Waals surface area contributed by atoms with E-state index in [1.165, 1.54) is 6.07 Å². The molecule has 19 heavy (non-hydrogen) atoms. The summed E-state index contributed by atoms with van der Waals surface area (Å²) in [6.45, 7) is 3.82. The molecular weight excluding hydrogens is 283 g/mol. The highest BCUT2D eigenvalue weighted by Gasteiger charge is 2.14. The van der Waals surface area contributed by atoms with Crippen LogP contribution in [0.1, 0.15) is 21.5 Å². The molecule has 0 N–H and O–H groups in total. The van der Waals surface area contributed by atoms with Crippen molar-refractivity contribution >= 4 is 29.2 Å². The van der Waals surface area contributed by atoms with E-state index in [2.05, 4.69) is 0 Å². The van der Waals surface area contributed by atoms with Crippen LogP contribution in [0.15, 0.2) is 36.4 Å². The van der Waals surface area contributed by atoms with E-state index in [0.717, 1.165) is 11.1 Å². The molecule has 0 amide bonds. The molecule has 98 valence electrons. The van der Waals surface area contributed by atoms with Gasteiger partial charge in [-0.1, -0.05) is 35.3 Å². The van der Waals surface area contributed by atoms with E-state index < -0.39 is 5.97 Å². The lowest BCUT2D eigenvalue weighted by Gasteiger charge is -2.09. The van der Waals surface area contributed by atoms with E-state index in [9.17, 15) is 4.79 Å². The predicted octanol–water partition coefficient (Wildman–Crippen LogP) is 4.83. The quantitative estimate of drug-likeness (QED) is 0.586. The fourth-order valence-electron chi connectivity index (χ4n) is 1.63. The largest absolute Gasteiger partial charge is 0.423 e. The third-order valence-corrected chi connectivity index (χ3v) is 3.25. The Kier molecular flexibility index (Phi) is 4.13. The summed E-state index contributed by atoms with van der Waals surface area (Å²) in [5, 5.41) is 0.760. The van der Waals surface area contributed by atoms with E-state index in [0.29, 0.717) is 16.3 Å². The monoisotopic (exact) mass is 294 g/mol. The van der Waals surface area contributed by atoms with E-state index >= 15 is 0 Å². The van der Waals surface area contributed by atoms with E-state index in [1.807, 2.05) is 32.0 Å². The number of esters is 1. The summed E-state index contributed by atoms with van der Waals surface area (Å²) in [7, 11) is 0. The molecule has 0 aliphatic carbocycles. The van der Waals surface area contributed by atoms with Crippen LogP contribution in [-0.2, 0) is 0 Å². The van der Waals surface area contributed by atoms with Crippen molar-refractivity contribution < 1.29 is 9.53 Å². The van der Waals surface area contributed by atoms with Crippen LogP contribution in [0.25, 0.3) is 0 Å². The number of benzene rings is 2. The highest BCUT2D eigenvalue weighted by Crippen LogP contribution is 2.24. The summed E-state index contributed by atoms with van der Waals surface area (Å²) >= 11 is 11.8. The molecule has 0 fully saturated rings. The molecule has 0 aromatic heterocycles. The zero-order valence-corrected chi connectivity index (χ0v) is 12.0. The van der Waals surface area contributed by atoms with Gasteiger partial charge in [-0.05, 0) is 49.2 Å². The summed E-state index contributed by atoms with van der Waals surface area (Å²) in [4.78, 5) is 12.1. The zero-order chi connectivity index (χ0) is 14.0. The number of halogens is 2. The maximum absolute atomic E-state index is 12.1. The van der Waals surface area contributed by atoms with Crippen molar-refractivity contribution in [3.63, 3.8) is 0 Å². The minimum atomic E-state index is -0.490. The third kappa shape index (κ3) is 3.28. The summed E-state index contributed by atoms with van der Waals surface area (Å²) < 4.78 is 5.37. The lowest BCUT2D eigenvalue weighted by Crippen LogP contribution is -2.10. The molecule has 2 nitrogen and oxygen atoms in total. The van der Waals surface area contributed by atoms with Gasteiger partial charge < -0.3 is 4.74 Å². The molecule has 0 bridgehead atoms.